The second-order valence-corrected chi connectivity index (χ2v) is 4.53. The molecule has 0 aliphatic heterocycles. The summed E-state index contributed by atoms with van der Waals surface area (Å²) in [5.74, 6) is 0.0976. The zero-order chi connectivity index (χ0) is 12.7. The molecule has 7 nitrogen and oxygen atoms in total. The molecule has 1 unspecified atom stereocenters. The van der Waals surface area contributed by atoms with E-state index in [2.05, 4.69) is 20.3 Å². The minimum Gasteiger partial charge on any atom is -0.392 e. The maximum Gasteiger partial charge on any atom is 0.223 e. The molecule has 1 aliphatic carbocycles. The van der Waals surface area contributed by atoms with Crippen LogP contribution in [0.5, 0.6) is 0 Å². The van der Waals surface area contributed by atoms with E-state index in [0.29, 0.717) is 11.2 Å². The summed E-state index contributed by atoms with van der Waals surface area (Å²) < 4.78 is 1.67. The third-order valence-corrected chi connectivity index (χ3v) is 3.27. The highest BCUT2D eigenvalue weighted by atomic mass is 35.5. The minimum absolute atomic E-state index is 0.0301. The van der Waals surface area contributed by atoms with E-state index >= 15 is 0 Å². The number of allylic oxidation sites excluding steroid dienone is 1. The van der Waals surface area contributed by atoms with E-state index in [1.807, 2.05) is 6.08 Å². The summed E-state index contributed by atoms with van der Waals surface area (Å²) in [5, 5.41) is 17.3. The van der Waals surface area contributed by atoms with Gasteiger partial charge in [-0.15, -0.1) is 5.10 Å². The van der Waals surface area contributed by atoms with E-state index in [-0.39, 0.29) is 23.8 Å². The van der Waals surface area contributed by atoms with E-state index in [9.17, 15) is 0 Å². The van der Waals surface area contributed by atoms with Gasteiger partial charge in [0.15, 0.2) is 16.3 Å². The van der Waals surface area contributed by atoms with Gasteiger partial charge in [0.25, 0.3) is 0 Å². The van der Waals surface area contributed by atoms with Crippen molar-refractivity contribution in [2.75, 3.05) is 12.3 Å². The molecule has 0 saturated carbocycles. The van der Waals surface area contributed by atoms with Crippen molar-refractivity contribution in [3.05, 3.63) is 16.8 Å². The van der Waals surface area contributed by atoms with Crippen LogP contribution >= 0.6 is 11.6 Å². The second-order valence-electron chi connectivity index (χ2n) is 4.17. The van der Waals surface area contributed by atoms with Gasteiger partial charge in [0.2, 0.25) is 5.95 Å². The molecule has 94 valence electrons. The van der Waals surface area contributed by atoms with Gasteiger partial charge in [0, 0.05) is 0 Å². The highest BCUT2D eigenvalue weighted by molar-refractivity contribution is 6.33. The Morgan fingerprint density at radius 2 is 2.33 bits per heavy atom. The van der Waals surface area contributed by atoms with Gasteiger partial charge in [-0.05, 0) is 18.4 Å². The fourth-order valence-corrected chi connectivity index (χ4v) is 2.34. The number of aliphatic hydroxyl groups excluding tert-OH is 1. The van der Waals surface area contributed by atoms with Crippen LogP contribution in [0.25, 0.3) is 11.2 Å². The molecule has 1 atom stereocenters. The van der Waals surface area contributed by atoms with Crippen molar-refractivity contribution in [1.82, 2.24) is 25.0 Å². The Balaban J connectivity index is 2.11. The Morgan fingerprint density at radius 1 is 1.50 bits per heavy atom. The first-order valence-electron chi connectivity index (χ1n) is 5.53. The molecule has 3 N–H and O–H groups in total. The van der Waals surface area contributed by atoms with Gasteiger partial charge in [-0.25, -0.2) is 4.68 Å². The molecule has 2 heterocycles. The molecule has 0 spiro atoms. The average Bonchev–Trinajstić information content (AvgIpc) is 2.93. The number of rotatable bonds is 2. The van der Waals surface area contributed by atoms with Crippen molar-refractivity contribution < 1.29 is 5.11 Å². The summed E-state index contributed by atoms with van der Waals surface area (Å²) >= 11 is 5.94. The molecule has 8 heteroatoms. The van der Waals surface area contributed by atoms with Crippen molar-refractivity contribution in [2.24, 2.45) is 0 Å². The smallest absolute Gasteiger partial charge is 0.223 e. The Kier molecular flexibility index (Phi) is 2.64. The molecular formula is C10H11ClN6O. The molecule has 0 bridgehead atoms. The van der Waals surface area contributed by atoms with Crippen molar-refractivity contribution in [2.45, 2.75) is 18.9 Å². The van der Waals surface area contributed by atoms with E-state index in [1.165, 1.54) is 0 Å². The summed E-state index contributed by atoms with van der Waals surface area (Å²) in [6, 6.07) is 0.0301. The Hall–Kier alpha value is -1.73. The highest BCUT2D eigenvalue weighted by Gasteiger charge is 2.22. The van der Waals surface area contributed by atoms with Crippen molar-refractivity contribution >= 4 is 28.7 Å². The maximum atomic E-state index is 9.10. The molecule has 0 aromatic carbocycles. The Morgan fingerprint density at radius 3 is 3.06 bits per heavy atom. The molecule has 0 saturated heterocycles. The number of fused-ring (bicyclic) bond motifs is 1. The first kappa shape index (κ1) is 11.4. The summed E-state index contributed by atoms with van der Waals surface area (Å²) in [6.07, 6.45) is 3.67. The maximum absolute atomic E-state index is 9.10. The van der Waals surface area contributed by atoms with Crippen molar-refractivity contribution in [3.63, 3.8) is 0 Å². The monoisotopic (exact) mass is 266 g/mol. The van der Waals surface area contributed by atoms with Gasteiger partial charge < -0.3 is 10.8 Å². The van der Waals surface area contributed by atoms with Crippen LogP contribution in [0.3, 0.4) is 0 Å². The minimum atomic E-state index is 0.0301. The third kappa shape index (κ3) is 1.72. The SMILES string of the molecule is Nc1nc(Cl)c2nnn(C3C=C(CO)CC3)c2n1. The number of nitrogens with zero attached hydrogens (tertiary/aromatic N) is 5. The number of nitrogen functional groups attached to an aromatic ring is 1. The lowest BCUT2D eigenvalue weighted by Crippen LogP contribution is -2.07. The summed E-state index contributed by atoms with van der Waals surface area (Å²) in [5.41, 5.74) is 7.53. The quantitative estimate of drug-likeness (QED) is 0.613. The molecule has 2 aromatic rings. The van der Waals surface area contributed by atoms with E-state index in [0.717, 1.165) is 18.4 Å². The predicted octanol–water partition coefficient (Wildman–Crippen LogP) is 0.710. The lowest BCUT2D eigenvalue weighted by Gasteiger charge is -2.07. The third-order valence-electron chi connectivity index (χ3n) is 3.00. The fraction of sp³-hybridized carbons (Fsp3) is 0.400. The zero-order valence-electron chi connectivity index (χ0n) is 9.41. The second kappa shape index (κ2) is 4.18. The summed E-state index contributed by atoms with van der Waals surface area (Å²) in [7, 11) is 0. The Bertz CT molecular complexity index is 637. The fourth-order valence-electron chi connectivity index (χ4n) is 2.13. The van der Waals surface area contributed by atoms with Crippen LogP contribution in [-0.4, -0.2) is 36.7 Å². The molecule has 0 fully saturated rings. The van der Waals surface area contributed by atoms with Gasteiger partial charge in [-0.1, -0.05) is 22.9 Å². The average molecular weight is 267 g/mol. The lowest BCUT2D eigenvalue weighted by molar-refractivity contribution is 0.328. The number of nitrogens with two attached hydrogens (primary N) is 1. The largest absolute Gasteiger partial charge is 0.392 e. The molecule has 18 heavy (non-hydrogen) atoms. The standard InChI is InChI=1S/C10H11ClN6O/c11-8-7-9(14-10(12)13-8)17(16-15-7)6-2-1-5(3-6)4-18/h3,6,18H,1-2,4H2,(H2,12,13,14). The van der Waals surface area contributed by atoms with Crippen molar-refractivity contribution in [3.8, 4) is 0 Å². The van der Waals surface area contributed by atoms with Crippen LogP contribution in [0.4, 0.5) is 5.95 Å². The van der Waals surface area contributed by atoms with E-state index in [4.69, 9.17) is 22.4 Å². The highest BCUT2D eigenvalue weighted by Crippen LogP contribution is 2.30. The number of halogens is 1. The Labute approximate surface area is 107 Å². The van der Waals surface area contributed by atoms with Gasteiger partial charge >= 0.3 is 0 Å². The number of hydrogen-bond donors (Lipinski definition) is 2. The van der Waals surface area contributed by atoms with Crippen LogP contribution < -0.4 is 5.73 Å². The number of aromatic nitrogens is 5. The van der Waals surface area contributed by atoms with Gasteiger partial charge in [-0.2, -0.15) is 9.97 Å². The molecule has 2 aromatic heterocycles. The van der Waals surface area contributed by atoms with Crippen LogP contribution in [0, 0.1) is 0 Å². The normalized spacial score (nSPS) is 19.4. The van der Waals surface area contributed by atoms with Gasteiger partial charge in [0.1, 0.15) is 0 Å². The van der Waals surface area contributed by atoms with Gasteiger partial charge in [0.05, 0.1) is 12.6 Å². The lowest BCUT2D eigenvalue weighted by atomic mass is 10.2. The molecular weight excluding hydrogens is 256 g/mol. The summed E-state index contributed by atoms with van der Waals surface area (Å²) in [4.78, 5) is 7.95. The van der Waals surface area contributed by atoms with Crippen LogP contribution in [0.15, 0.2) is 11.6 Å². The first-order chi connectivity index (χ1) is 8.69. The predicted molar refractivity (Wildman–Crippen MR) is 66.0 cm³/mol. The van der Waals surface area contributed by atoms with Crippen molar-refractivity contribution in [1.29, 1.82) is 0 Å². The summed E-state index contributed by atoms with van der Waals surface area (Å²) in [6.45, 7) is 0.0704. The zero-order valence-corrected chi connectivity index (χ0v) is 10.2. The first-order valence-corrected chi connectivity index (χ1v) is 5.91. The molecule has 1 aliphatic rings. The molecule has 0 radical (unpaired) electrons. The van der Waals surface area contributed by atoms with Crippen LogP contribution in [0.1, 0.15) is 18.9 Å². The topological polar surface area (TPSA) is 103 Å². The van der Waals surface area contributed by atoms with E-state index < -0.39 is 0 Å². The van der Waals surface area contributed by atoms with Gasteiger partial charge in [-0.3, -0.25) is 0 Å². The number of hydrogen-bond acceptors (Lipinski definition) is 6. The number of aliphatic hydroxyl groups is 1. The van der Waals surface area contributed by atoms with Crippen LogP contribution in [0.2, 0.25) is 5.15 Å². The van der Waals surface area contributed by atoms with E-state index in [1.54, 1.807) is 4.68 Å². The number of anilines is 1. The molecule has 3 rings (SSSR count). The van der Waals surface area contributed by atoms with Crippen LogP contribution in [-0.2, 0) is 0 Å². The molecule has 0 amide bonds.